The summed E-state index contributed by atoms with van der Waals surface area (Å²) in [6.07, 6.45) is 1.47. The number of aliphatic hydroxyl groups is 1. The van der Waals surface area contributed by atoms with Crippen molar-refractivity contribution in [3.63, 3.8) is 0 Å². The van der Waals surface area contributed by atoms with Gasteiger partial charge in [-0.3, -0.25) is 0 Å². The van der Waals surface area contributed by atoms with Crippen LogP contribution in [0.3, 0.4) is 0 Å². The number of carbonyl (C=O) groups is 1. The molecule has 2 N–H and O–H groups in total. The van der Waals surface area contributed by atoms with Crippen LogP contribution in [-0.4, -0.2) is 34.8 Å². The van der Waals surface area contributed by atoms with E-state index in [4.69, 9.17) is 9.47 Å². The first-order chi connectivity index (χ1) is 15.8. The molecule has 1 aromatic heterocycles. The summed E-state index contributed by atoms with van der Waals surface area (Å²) in [7, 11) is 1.62. The van der Waals surface area contributed by atoms with Crippen LogP contribution in [0.1, 0.15) is 54.7 Å². The largest absolute Gasteiger partial charge is 0.497 e. The predicted molar refractivity (Wildman–Crippen MR) is 128 cm³/mol. The van der Waals surface area contributed by atoms with E-state index in [1.807, 2.05) is 42.5 Å². The van der Waals surface area contributed by atoms with Crippen LogP contribution >= 0.6 is 0 Å². The number of esters is 1. The highest BCUT2D eigenvalue weighted by molar-refractivity contribution is 5.94. The first-order valence-electron chi connectivity index (χ1n) is 10.9. The van der Waals surface area contributed by atoms with Gasteiger partial charge in [0.2, 0.25) is 0 Å². The van der Waals surface area contributed by atoms with Crippen molar-refractivity contribution in [1.82, 2.24) is 9.97 Å². The maximum absolute atomic E-state index is 12.5. The van der Waals surface area contributed by atoms with Crippen molar-refractivity contribution >= 4 is 11.8 Å². The monoisotopic (exact) mass is 449 g/mol. The summed E-state index contributed by atoms with van der Waals surface area (Å²) < 4.78 is 10.4. The van der Waals surface area contributed by atoms with Gasteiger partial charge in [0.25, 0.3) is 0 Å². The van der Waals surface area contributed by atoms with Crippen LogP contribution in [-0.2, 0) is 23.3 Å². The summed E-state index contributed by atoms with van der Waals surface area (Å²) >= 11 is 0. The number of nitrogens with one attached hydrogen (secondary N) is 1. The van der Waals surface area contributed by atoms with Crippen molar-refractivity contribution in [3.05, 3.63) is 70.9 Å². The molecule has 0 atom stereocenters. The van der Waals surface area contributed by atoms with Crippen LogP contribution in [0.5, 0.6) is 5.75 Å². The third-order valence-electron chi connectivity index (χ3n) is 5.29. The minimum Gasteiger partial charge on any atom is -0.497 e. The Balaban J connectivity index is 1.97. The summed E-state index contributed by atoms with van der Waals surface area (Å²) in [5, 5.41) is 13.2. The summed E-state index contributed by atoms with van der Waals surface area (Å²) in [5.74, 6) is 1.07. The molecule has 0 aliphatic rings. The van der Waals surface area contributed by atoms with Crippen LogP contribution in [0.25, 0.3) is 11.4 Å². The van der Waals surface area contributed by atoms with Crippen molar-refractivity contribution in [1.29, 1.82) is 0 Å². The zero-order valence-electron chi connectivity index (χ0n) is 19.8. The number of hydrogen-bond donors (Lipinski definition) is 2. The fraction of sp³-hybridized carbons (Fsp3) is 0.346. The van der Waals surface area contributed by atoms with Gasteiger partial charge in [-0.2, -0.15) is 0 Å². The van der Waals surface area contributed by atoms with Gasteiger partial charge in [0.15, 0.2) is 5.82 Å². The average Bonchev–Trinajstić information content (AvgIpc) is 2.82. The maximum Gasteiger partial charge on any atom is 0.343 e. The Bertz CT molecular complexity index is 1110. The third-order valence-corrected chi connectivity index (χ3v) is 5.29. The first kappa shape index (κ1) is 24.2. The molecule has 0 aliphatic heterocycles. The zero-order valence-corrected chi connectivity index (χ0v) is 19.8. The minimum atomic E-state index is -0.494. The van der Waals surface area contributed by atoms with E-state index in [1.165, 1.54) is 6.20 Å². The molecule has 2 aromatic carbocycles. The molecule has 0 fully saturated rings. The lowest BCUT2D eigenvalue weighted by molar-refractivity contribution is 0.0526. The summed E-state index contributed by atoms with van der Waals surface area (Å²) in [4.78, 5) is 21.5. The average molecular weight is 450 g/mol. The van der Waals surface area contributed by atoms with Gasteiger partial charge in [-0.15, -0.1) is 0 Å². The topological polar surface area (TPSA) is 93.6 Å². The van der Waals surface area contributed by atoms with Crippen LogP contribution < -0.4 is 10.1 Å². The number of aliphatic hydroxyl groups excluding tert-OH is 1. The number of carbonyl (C=O) groups excluding carboxylic acids is 1. The second kappa shape index (κ2) is 10.4. The maximum atomic E-state index is 12.5. The minimum absolute atomic E-state index is 0.0534. The highest BCUT2D eigenvalue weighted by Crippen LogP contribution is 2.29. The molecular formula is C26H31N3O4. The molecule has 0 unspecified atom stereocenters. The van der Waals surface area contributed by atoms with Crippen LogP contribution in [0.4, 0.5) is 5.82 Å². The molecule has 7 nitrogen and oxygen atoms in total. The van der Waals surface area contributed by atoms with E-state index < -0.39 is 5.97 Å². The molecule has 3 aromatic rings. The Labute approximate surface area is 194 Å². The van der Waals surface area contributed by atoms with Gasteiger partial charge in [-0.05, 0) is 41.2 Å². The number of hydrogen-bond acceptors (Lipinski definition) is 7. The zero-order chi connectivity index (χ0) is 24.0. The second-order valence-electron chi connectivity index (χ2n) is 8.66. The molecule has 0 saturated carbocycles. The molecule has 0 aliphatic carbocycles. The molecule has 33 heavy (non-hydrogen) atoms. The fourth-order valence-corrected chi connectivity index (χ4v) is 3.34. The molecule has 0 spiro atoms. The fourth-order valence-electron chi connectivity index (χ4n) is 3.34. The van der Waals surface area contributed by atoms with E-state index in [2.05, 4.69) is 36.1 Å². The Morgan fingerprint density at radius 2 is 1.85 bits per heavy atom. The Morgan fingerprint density at radius 3 is 2.45 bits per heavy atom. The van der Waals surface area contributed by atoms with Gasteiger partial charge >= 0.3 is 5.97 Å². The predicted octanol–water partition coefficient (Wildman–Crippen LogP) is 4.73. The van der Waals surface area contributed by atoms with Crippen molar-refractivity contribution < 1.29 is 19.4 Å². The highest BCUT2D eigenvalue weighted by atomic mass is 16.5. The summed E-state index contributed by atoms with van der Waals surface area (Å²) in [6.45, 7) is 8.67. The normalized spacial score (nSPS) is 11.2. The lowest BCUT2D eigenvalue weighted by Crippen LogP contribution is -2.14. The quantitative estimate of drug-likeness (QED) is 0.480. The molecule has 0 radical (unpaired) electrons. The van der Waals surface area contributed by atoms with E-state index in [9.17, 15) is 9.90 Å². The van der Waals surface area contributed by atoms with Crippen molar-refractivity contribution in [2.75, 3.05) is 19.0 Å². The standard InChI is InChI=1S/C26H31N3O4/c1-6-33-25(31)22-15-28-23(21-12-9-19(26(2,3)4)13-18(21)16-30)29-24(22)27-14-17-7-10-20(32-5)11-8-17/h7-13,15,30H,6,14,16H2,1-5H3,(H,27,28,29). The van der Waals surface area contributed by atoms with Crippen molar-refractivity contribution in [2.24, 2.45) is 0 Å². The smallest absolute Gasteiger partial charge is 0.343 e. The molecule has 1 heterocycles. The van der Waals surface area contributed by atoms with Crippen molar-refractivity contribution in [3.8, 4) is 17.1 Å². The Morgan fingerprint density at radius 1 is 1.12 bits per heavy atom. The van der Waals surface area contributed by atoms with E-state index in [0.29, 0.717) is 23.8 Å². The lowest BCUT2D eigenvalue weighted by Gasteiger charge is -2.21. The highest BCUT2D eigenvalue weighted by Gasteiger charge is 2.20. The number of aromatic nitrogens is 2. The number of methoxy groups -OCH3 is 1. The molecule has 0 saturated heterocycles. The van der Waals surface area contributed by atoms with E-state index in [-0.39, 0.29) is 24.2 Å². The van der Waals surface area contributed by atoms with Gasteiger partial charge in [-0.1, -0.05) is 51.1 Å². The van der Waals surface area contributed by atoms with Crippen LogP contribution in [0, 0.1) is 0 Å². The number of benzene rings is 2. The number of ether oxygens (including phenoxy) is 2. The lowest BCUT2D eigenvalue weighted by atomic mass is 9.85. The Hall–Kier alpha value is -3.45. The van der Waals surface area contributed by atoms with Gasteiger partial charge in [0.05, 0.1) is 20.3 Å². The van der Waals surface area contributed by atoms with E-state index in [1.54, 1.807) is 14.0 Å². The molecule has 0 bridgehead atoms. The number of rotatable bonds is 8. The SMILES string of the molecule is CCOC(=O)c1cnc(-c2ccc(C(C)(C)C)cc2CO)nc1NCc1ccc(OC)cc1. The molecule has 174 valence electrons. The van der Waals surface area contributed by atoms with Crippen molar-refractivity contribution in [2.45, 2.75) is 46.3 Å². The first-order valence-corrected chi connectivity index (χ1v) is 10.9. The second-order valence-corrected chi connectivity index (χ2v) is 8.66. The van der Waals surface area contributed by atoms with Gasteiger partial charge in [-0.25, -0.2) is 14.8 Å². The van der Waals surface area contributed by atoms with E-state index >= 15 is 0 Å². The molecule has 3 rings (SSSR count). The number of anilines is 1. The Kier molecular flexibility index (Phi) is 7.66. The summed E-state index contributed by atoms with van der Waals surface area (Å²) in [6, 6.07) is 13.5. The molecular weight excluding hydrogens is 418 g/mol. The third kappa shape index (κ3) is 5.87. The van der Waals surface area contributed by atoms with Gasteiger partial charge in [0.1, 0.15) is 17.1 Å². The number of nitrogens with zero attached hydrogens (tertiary/aromatic N) is 2. The summed E-state index contributed by atoms with van der Waals surface area (Å²) in [5.41, 5.74) is 3.75. The van der Waals surface area contributed by atoms with Crippen LogP contribution in [0.2, 0.25) is 0 Å². The van der Waals surface area contributed by atoms with Crippen LogP contribution in [0.15, 0.2) is 48.7 Å². The molecule has 0 amide bonds. The van der Waals surface area contributed by atoms with Gasteiger partial charge < -0.3 is 19.9 Å². The van der Waals surface area contributed by atoms with Gasteiger partial charge in [0, 0.05) is 18.3 Å². The van der Waals surface area contributed by atoms with E-state index in [0.717, 1.165) is 22.4 Å². The molecule has 7 heteroatoms.